The van der Waals surface area contributed by atoms with Crippen LogP contribution in [0.1, 0.15) is 12.0 Å². The molecule has 2 N–H and O–H groups in total. The number of benzene rings is 2. The van der Waals surface area contributed by atoms with Gasteiger partial charge in [-0.05, 0) is 36.8 Å². The second kappa shape index (κ2) is 10.5. The predicted octanol–water partition coefficient (Wildman–Crippen LogP) is 4.39. The zero-order chi connectivity index (χ0) is 19.2. The number of carbonyl (C=O) groups is 1. The maximum absolute atomic E-state index is 14.4. The van der Waals surface area contributed by atoms with Gasteiger partial charge in [0.25, 0.3) is 0 Å². The van der Waals surface area contributed by atoms with E-state index in [2.05, 4.69) is 10.6 Å². The topological polar surface area (TPSA) is 59.6 Å². The van der Waals surface area contributed by atoms with Crippen LogP contribution in [0.2, 0.25) is 0 Å². The van der Waals surface area contributed by atoms with Crippen LogP contribution >= 0.6 is 24.2 Å². The molecule has 152 valence electrons. The minimum atomic E-state index is -0.554. The average Bonchev–Trinajstić information content (AvgIpc) is 2.65. The molecule has 1 heterocycles. The van der Waals surface area contributed by atoms with E-state index in [0.29, 0.717) is 23.6 Å². The van der Waals surface area contributed by atoms with E-state index >= 15 is 0 Å². The molecule has 1 aliphatic heterocycles. The largest absolute Gasteiger partial charge is 0.493 e. The smallest absolute Gasteiger partial charge is 0.225 e. The van der Waals surface area contributed by atoms with Crippen LogP contribution in [0, 0.1) is 12.7 Å². The summed E-state index contributed by atoms with van der Waals surface area (Å²) in [5.41, 5.74) is 1.42. The molecule has 1 fully saturated rings. The van der Waals surface area contributed by atoms with Crippen LogP contribution in [0.5, 0.6) is 17.2 Å². The van der Waals surface area contributed by atoms with Crippen molar-refractivity contribution in [3.05, 3.63) is 47.8 Å². The Kier molecular flexibility index (Phi) is 8.41. The van der Waals surface area contributed by atoms with Gasteiger partial charge in [-0.15, -0.1) is 12.4 Å². The maximum Gasteiger partial charge on any atom is 0.225 e. The summed E-state index contributed by atoms with van der Waals surface area (Å²) in [5, 5.41) is 6.05. The Hall–Kier alpha value is -1.96. The van der Waals surface area contributed by atoms with E-state index in [0.717, 1.165) is 23.6 Å². The Bertz CT molecular complexity index is 816. The Morgan fingerprint density at radius 2 is 2.04 bits per heavy atom. The first-order valence-corrected chi connectivity index (χ1v) is 9.93. The molecule has 1 saturated heterocycles. The van der Waals surface area contributed by atoms with Crippen LogP contribution in [0.3, 0.4) is 0 Å². The third kappa shape index (κ3) is 6.02. The quantitative estimate of drug-likeness (QED) is 0.717. The first kappa shape index (κ1) is 22.3. The van der Waals surface area contributed by atoms with E-state index < -0.39 is 5.82 Å². The number of rotatable bonds is 6. The fourth-order valence-electron chi connectivity index (χ4n) is 2.83. The van der Waals surface area contributed by atoms with E-state index in [9.17, 15) is 9.18 Å². The number of methoxy groups -OCH3 is 1. The van der Waals surface area contributed by atoms with Crippen molar-refractivity contribution in [2.24, 2.45) is 0 Å². The fraction of sp³-hybridized carbons (Fsp3) is 0.350. The van der Waals surface area contributed by atoms with Crippen molar-refractivity contribution in [1.82, 2.24) is 5.32 Å². The Labute approximate surface area is 174 Å². The molecule has 8 heteroatoms. The predicted molar refractivity (Wildman–Crippen MR) is 114 cm³/mol. The van der Waals surface area contributed by atoms with Crippen molar-refractivity contribution in [3.8, 4) is 17.2 Å². The SMILES string of the molecule is COc1cc(C)ccc1Oc1ccc(NC(=O)CC2CSCCN2)cc1F.Cl. The standard InChI is InChI=1S/C20H23FN2O3S.ClH/c1-13-3-5-18(19(9-13)25-2)26-17-6-4-14(10-16(17)21)23-20(24)11-15-12-27-8-7-22-15;/h3-6,9-10,15,22H,7-8,11-12H2,1-2H3,(H,23,24);1H. The molecule has 0 aliphatic carbocycles. The number of aryl methyl sites for hydroxylation is 1. The second-order valence-electron chi connectivity index (χ2n) is 6.38. The van der Waals surface area contributed by atoms with Crippen LogP contribution in [-0.4, -0.2) is 37.1 Å². The molecule has 2 aromatic carbocycles. The van der Waals surface area contributed by atoms with Gasteiger partial charge in [-0.25, -0.2) is 4.39 Å². The number of amides is 1. The van der Waals surface area contributed by atoms with Crippen LogP contribution < -0.4 is 20.1 Å². The highest BCUT2D eigenvalue weighted by Gasteiger charge is 2.17. The van der Waals surface area contributed by atoms with E-state index in [1.807, 2.05) is 30.8 Å². The lowest BCUT2D eigenvalue weighted by Gasteiger charge is -2.22. The van der Waals surface area contributed by atoms with Crippen molar-refractivity contribution in [2.45, 2.75) is 19.4 Å². The highest BCUT2D eigenvalue weighted by molar-refractivity contribution is 7.99. The highest BCUT2D eigenvalue weighted by Crippen LogP contribution is 2.34. The van der Waals surface area contributed by atoms with Gasteiger partial charge in [0, 0.05) is 42.3 Å². The van der Waals surface area contributed by atoms with Crippen molar-refractivity contribution in [1.29, 1.82) is 0 Å². The zero-order valence-electron chi connectivity index (χ0n) is 15.8. The summed E-state index contributed by atoms with van der Waals surface area (Å²) in [5.74, 6) is 2.32. The monoisotopic (exact) mass is 426 g/mol. The minimum absolute atomic E-state index is 0. The van der Waals surface area contributed by atoms with Gasteiger partial charge < -0.3 is 20.1 Å². The number of carbonyl (C=O) groups excluding carboxylic acids is 1. The van der Waals surface area contributed by atoms with Gasteiger partial charge in [0.2, 0.25) is 5.91 Å². The van der Waals surface area contributed by atoms with Crippen molar-refractivity contribution >= 4 is 35.8 Å². The number of hydrogen-bond acceptors (Lipinski definition) is 5. The summed E-state index contributed by atoms with van der Waals surface area (Å²) in [6.07, 6.45) is 0.368. The lowest BCUT2D eigenvalue weighted by atomic mass is 10.2. The Balaban J connectivity index is 0.00000280. The lowest BCUT2D eigenvalue weighted by Crippen LogP contribution is -2.39. The summed E-state index contributed by atoms with van der Waals surface area (Å²) >= 11 is 1.83. The normalized spacial score (nSPS) is 16.0. The van der Waals surface area contributed by atoms with Gasteiger partial charge in [0.05, 0.1) is 7.11 Å². The lowest BCUT2D eigenvalue weighted by molar-refractivity contribution is -0.116. The molecule has 1 unspecified atom stereocenters. The molecule has 0 aromatic heterocycles. The maximum atomic E-state index is 14.4. The molecule has 0 radical (unpaired) electrons. The van der Waals surface area contributed by atoms with Gasteiger partial charge in [0.15, 0.2) is 23.1 Å². The number of ether oxygens (including phenoxy) is 2. The number of halogens is 2. The summed E-state index contributed by atoms with van der Waals surface area (Å²) < 4.78 is 25.3. The molecular weight excluding hydrogens is 403 g/mol. The van der Waals surface area contributed by atoms with Crippen molar-refractivity contribution in [3.63, 3.8) is 0 Å². The number of thioether (sulfide) groups is 1. The molecule has 1 amide bonds. The molecule has 0 saturated carbocycles. The molecule has 5 nitrogen and oxygen atoms in total. The number of anilines is 1. The molecule has 2 aromatic rings. The molecule has 0 bridgehead atoms. The van der Waals surface area contributed by atoms with Gasteiger partial charge in [-0.2, -0.15) is 11.8 Å². The summed E-state index contributed by atoms with van der Waals surface area (Å²) in [7, 11) is 1.54. The average molecular weight is 427 g/mol. The van der Waals surface area contributed by atoms with E-state index in [1.54, 1.807) is 12.1 Å². The number of nitrogens with one attached hydrogen (secondary N) is 2. The summed E-state index contributed by atoms with van der Waals surface area (Å²) in [4.78, 5) is 12.2. The third-order valence-electron chi connectivity index (χ3n) is 4.18. The molecule has 3 rings (SSSR count). The van der Waals surface area contributed by atoms with E-state index in [1.165, 1.54) is 19.2 Å². The van der Waals surface area contributed by atoms with Crippen LogP contribution in [0.4, 0.5) is 10.1 Å². The van der Waals surface area contributed by atoms with Crippen LogP contribution in [-0.2, 0) is 4.79 Å². The van der Waals surface area contributed by atoms with Crippen molar-refractivity contribution in [2.75, 3.05) is 30.5 Å². The molecule has 1 atom stereocenters. The summed E-state index contributed by atoms with van der Waals surface area (Å²) in [6, 6.07) is 9.96. The Morgan fingerprint density at radius 3 is 2.71 bits per heavy atom. The van der Waals surface area contributed by atoms with Crippen molar-refractivity contribution < 1.29 is 18.7 Å². The molecule has 28 heavy (non-hydrogen) atoms. The van der Waals surface area contributed by atoms with Crippen LogP contribution in [0.15, 0.2) is 36.4 Å². The first-order chi connectivity index (χ1) is 13.0. The number of hydrogen-bond donors (Lipinski definition) is 2. The highest BCUT2D eigenvalue weighted by atomic mass is 35.5. The third-order valence-corrected chi connectivity index (χ3v) is 5.32. The van der Waals surface area contributed by atoms with E-state index in [4.69, 9.17) is 9.47 Å². The fourth-order valence-corrected chi connectivity index (χ4v) is 3.77. The minimum Gasteiger partial charge on any atom is -0.493 e. The second-order valence-corrected chi connectivity index (χ2v) is 7.53. The zero-order valence-corrected chi connectivity index (χ0v) is 17.4. The summed E-state index contributed by atoms with van der Waals surface area (Å²) in [6.45, 7) is 2.84. The van der Waals surface area contributed by atoms with Gasteiger partial charge in [-0.3, -0.25) is 4.79 Å². The van der Waals surface area contributed by atoms with Crippen LogP contribution in [0.25, 0.3) is 0 Å². The molecule has 0 spiro atoms. The van der Waals surface area contributed by atoms with Gasteiger partial charge in [-0.1, -0.05) is 6.07 Å². The molecular formula is C20H24ClFN2O3S. The van der Waals surface area contributed by atoms with Gasteiger partial charge in [0.1, 0.15) is 0 Å². The van der Waals surface area contributed by atoms with E-state index in [-0.39, 0.29) is 30.1 Å². The van der Waals surface area contributed by atoms with Gasteiger partial charge >= 0.3 is 0 Å². The first-order valence-electron chi connectivity index (χ1n) is 8.78. The molecule has 1 aliphatic rings. The Morgan fingerprint density at radius 1 is 1.25 bits per heavy atom.